The average molecular weight is 356 g/mol. The summed E-state index contributed by atoms with van der Waals surface area (Å²) in [5.74, 6) is 1.19. The standard InChI is InChI=1S/C20H24N2O4/c23-18-8-4-5-9-19(18)26-16-20(24)22-12-10-21(11-13-22)14-15-25-17-6-2-1-3-7-17/h1-9,23H,10-16H2. The normalized spacial score (nSPS) is 14.8. The lowest BCUT2D eigenvalue weighted by Crippen LogP contribution is -2.50. The molecule has 0 aliphatic carbocycles. The number of carbonyl (C=O) groups is 1. The number of hydrogen-bond acceptors (Lipinski definition) is 5. The number of phenolic OH excluding ortho intramolecular Hbond substituents is 1. The van der Waals surface area contributed by atoms with Crippen LogP contribution in [0.15, 0.2) is 54.6 Å². The Morgan fingerprint density at radius 3 is 2.35 bits per heavy atom. The maximum Gasteiger partial charge on any atom is 0.260 e. The molecule has 1 aliphatic rings. The third-order valence-corrected chi connectivity index (χ3v) is 4.36. The van der Waals surface area contributed by atoms with E-state index in [2.05, 4.69) is 4.90 Å². The monoisotopic (exact) mass is 356 g/mol. The molecule has 6 nitrogen and oxygen atoms in total. The topological polar surface area (TPSA) is 62.2 Å². The van der Waals surface area contributed by atoms with E-state index in [0.29, 0.717) is 25.4 Å². The van der Waals surface area contributed by atoms with Crippen molar-refractivity contribution >= 4 is 5.91 Å². The lowest BCUT2D eigenvalue weighted by Gasteiger charge is -2.34. The largest absolute Gasteiger partial charge is 0.504 e. The maximum atomic E-state index is 12.3. The van der Waals surface area contributed by atoms with E-state index in [0.717, 1.165) is 25.4 Å². The Labute approximate surface area is 153 Å². The van der Waals surface area contributed by atoms with Crippen LogP contribution < -0.4 is 9.47 Å². The van der Waals surface area contributed by atoms with E-state index in [9.17, 15) is 9.90 Å². The van der Waals surface area contributed by atoms with Gasteiger partial charge in [0.05, 0.1) is 0 Å². The molecule has 0 radical (unpaired) electrons. The Bertz CT molecular complexity index is 700. The lowest BCUT2D eigenvalue weighted by atomic mass is 10.3. The number of ether oxygens (including phenoxy) is 2. The van der Waals surface area contributed by atoms with Crippen LogP contribution >= 0.6 is 0 Å². The van der Waals surface area contributed by atoms with Crippen LogP contribution in [0.5, 0.6) is 17.2 Å². The summed E-state index contributed by atoms with van der Waals surface area (Å²) in [5.41, 5.74) is 0. The maximum absolute atomic E-state index is 12.3. The number of benzene rings is 2. The number of para-hydroxylation sites is 3. The smallest absolute Gasteiger partial charge is 0.260 e. The first kappa shape index (κ1) is 18.1. The van der Waals surface area contributed by atoms with Gasteiger partial charge in [0, 0.05) is 32.7 Å². The summed E-state index contributed by atoms with van der Waals surface area (Å²) in [6, 6.07) is 16.4. The fourth-order valence-corrected chi connectivity index (χ4v) is 2.84. The molecule has 26 heavy (non-hydrogen) atoms. The van der Waals surface area contributed by atoms with Crippen LogP contribution in [0.1, 0.15) is 0 Å². The van der Waals surface area contributed by atoms with Crippen molar-refractivity contribution in [2.24, 2.45) is 0 Å². The fraction of sp³-hybridized carbons (Fsp3) is 0.350. The van der Waals surface area contributed by atoms with E-state index >= 15 is 0 Å². The highest BCUT2D eigenvalue weighted by atomic mass is 16.5. The third kappa shape index (κ3) is 5.13. The molecule has 2 aromatic carbocycles. The highest BCUT2D eigenvalue weighted by molar-refractivity contribution is 5.78. The molecule has 1 heterocycles. The first-order chi connectivity index (χ1) is 12.7. The minimum Gasteiger partial charge on any atom is -0.504 e. The summed E-state index contributed by atoms with van der Waals surface area (Å²) >= 11 is 0. The zero-order valence-corrected chi connectivity index (χ0v) is 14.7. The van der Waals surface area contributed by atoms with Gasteiger partial charge in [-0.15, -0.1) is 0 Å². The Kier molecular flexibility index (Phi) is 6.33. The number of phenols is 1. The number of hydrogen-bond donors (Lipinski definition) is 1. The quantitative estimate of drug-likeness (QED) is 0.822. The van der Waals surface area contributed by atoms with Gasteiger partial charge < -0.3 is 19.5 Å². The zero-order valence-electron chi connectivity index (χ0n) is 14.7. The Morgan fingerprint density at radius 1 is 0.923 bits per heavy atom. The molecule has 0 atom stereocenters. The van der Waals surface area contributed by atoms with Gasteiger partial charge in [0.25, 0.3) is 5.91 Å². The van der Waals surface area contributed by atoms with Gasteiger partial charge in [-0.05, 0) is 24.3 Å². The lowest BCUT2D eigenvalue weighted by molar-refractivity contribution is -0.135. The molecular weight excluding hydrogens is 332 g/mol. The van der Waals surface area contributed by atoms with E-state index < -0.39 is 0 Å². The predicted octanol–water partition coefficient (Wildman–Crippen LogP) is 1.99. The molecule has 0 spiro atoms. The summed E-state index contributed by atoms with van der Waals surface area (Å²) in [4.78, 5) is 16.4. The molecule has 1 amide bonds. The number of rotatable bonds is 7. The van der Waals surface area contributed by atoms with Crippen LogP contribution in [0, 0.1) is 0 Å². The van der Waals surface area contributed by atoms with Gasteiger partial charge in [-0.2, -0.15) is 0 Å². The first-order valence-corrected chi connectivity index (χ1v) is 8.81. The van der Waals surface area contributed by atoms with Crippen LogP contribution in [-0.2, 0) is 4.79 Å². The minimum atomic E-state index is -0.0616. The van der Waals surface area contributed by atoms with Crippen molar-refractivity contribution in [1.29, 1.82) is 0 Å². The Morgan fingerprint density at radius 2 is 1.62 bits per heavy atom. The van der Waals surface area contributed by atoms with Crippen molar-refractivity contribution in [3.05, 3.63) is 54.6 Å². The summed E-state index contributed by atoms with van der Waals surface area (Å²) in [6.07, 6.45) is 0. The van der Waals surface area contributed by atoms with Crippen LogP contribution in [0.3, 0.4) is 0 Å². The van der Waals surface area contributed by atoms with Gasteiger partial charge >= 0.3 is 0 Å². The van der Waals surface area contributed by atoms with Crippen LogP contribution in [0.25, 0.3) is 0 Å². The predicted molar refractivity (Wildman–Crippen MR) is 98.6 cm³/mol. The molecule has 2 aromatic rings. The number of nitrogens with zero attached hydrogens (tertiary/aromatic N) is 2. The van der Waals surface area contributed by atoms with E-state index in [-0.39, 0.29) is 18.3 Å². The number of amides is 1. The summed E-state index contributed by atoms with van der Waals surface area (Å²) in [5, 5.41) is 9.66. The van der Waals surface area contributed by atoms with Gasteiger partial charge in [-0.25, -0.2) is 0 Å². The number of aromatic hydroxyl groups is 1. The average Bonchev–Trinajstić information content (AvgIpc) is 2.68. The molecule has 138 valence electrons. The fourth-order valence-electron chi connectivity index (χ4n) is 2.84. The molecule has 0 aromatic heterocycles. The van der Waals surface area contributed by atoms with Crippen molar-refractivity contribution in [1.82, 2.24) is 9.80 Å². The highest BCUT2D eigenvalue weighted by Gasteiger charge is 2.21. The van der Waals surface area contributed by atoms with Crippen LogP contribution in [0.2, 0.25) is 0 Å². The van der Waals surface area contributed by atoms with Gasteiger partial charge in [0.1, 0.15) is 12.4 Å². The molecule has 0 unspecified atom stereocenters. The van der Waals surface area contributed by atoms with Gasteiger partial charge in [0.2, 0.25) is 0 Å². The number of piperazine rings is 1. The third-order valence-electron chi connectivity index (χ3n) is 4.36. The van der Waals surface area contributed by atoms with Crippen molar-refractivity contribution in [3.63, 3.8) is 0 Å². The second-order valence-corrected chi connectivity index (χ2v) is 6.14. The minimum absolute atomic E-state index is 0.0449. The van der Waals surface area contributed by atoms with Gasteiger partial charge in [-0.1, -0.05) is 30.3 Å². The molecule has 6 heteroatoms. The molecular formula is C20H24N2O4. The second kappa shape index (κ2) is 9.10. The summed E-state index contributed by atoms with van der Waals surface area (Å²) in [7, 11) is 0. The SMILES string of the molecule is O=C(COc1ccccc1O)N1CCN(CCOc2ccccc2)CC1. The van der Waals surface area contributed by atoms with Crippen LogP contribution in [0.4, 0.5) is 0 Å². The Balaban J connectivity index is 1.35. The molecule has 1 saturated heterocycles. The van der Waals surface area contributed by atoms with Crippen molar-refractivity contribution in [3.8, 4) is 17.2 Å². The summed E-state index contributed by atoms with van der Waals surface area (Å²) < 4.78 is 11.1. The van der Waals surface area contributed by atoms with E-state index in [1.807, 2.05) is 30.3 Å². The van der Waals surface area contributed by atoms with Crippen molar-refractivity contribution in [2.75, 3.05) is 45.9 Å². The van der Waals surface area contributed by atoms with Gasteiger partial charge in [0.15, 0.2) is 18.1 Å². The molecule has 0 bridgehead atoms. The highest BCUT2D eigenvalue weighted by Crippen LogP contribution is 2.24. The summed E-state index contributed by atoms with van der Waals surface area (Å²) in [6.45, 7) is 4.40. The second-order valence-electron chi connectivity index (χ2n) is 6.14. The van der Waals surface area contributed by atoms with E-state index in [4.69, 9.17) is 9.47 Å². The zero-order chi connectivity index (χ0) is 18.2. The molecule has 0 saturated carbocycles. The molecule has 1 fully saturated rings. The molecule has 1 N–H and O–H groups in total. The van der Waals surface area contributed by atoms with Crippen LogP contribution in [-0.4, -0.2) is 66.8 Å². The van der Waals surface area contributed by atoms with Gasteiger partial charge in [-0.3, -0.25) is 9.69 Å². The molecule has 3 rings (SSSR count). The molecule has 1 aliphatic heterocycles. The Hall–Kier alpha value is -2.73. The van der Waals surface area contributed by atoms with Crippen molar-refractivity contribution < 1.29 is 19.4 Å². The first-order valence-electron chi connectivity index (χ1n) is 8.81. The van der Waals surface area contributed by atoms with E-state index in [1.54, 1.807) is 23.1 Å². The number of carbonyl (C=O) groups excluding carboxylic acids is 1. The van der Waals surface area contributed by atoms with E-state index in [1.165, 1.54) is 6.07 Å². The van der Waals surface area contributed by atoms with Crippen molar-refractivity contribution in [2.45, 2.75) is 0 Å².